The quantitative estimate of drug-likeness (QED) is 0.808. The number of nitrogens with one attached hydrogen (secondary N) is 1. The first-order chi connectivity index (χ1) is 8.79. The van der Waals surface area contributed by atoms with Crippen molar-refractivity contribution in [2.24, 2.45) is 0 Å². The second kappa shape index (κ2) is 6.35. The fourth-order valence-corrected chi connectivity index (χ4v) is 1.86. The van der Waals surface area contributed by atoms with Gasteiger partial charge in [0.2, 0.25) is 0 Å². The van der Waals surface area contributed by atoms with Gasteiger partial charge in [0.05, 0.1) is 18.3 Å². The number of aromatic nitrogens is 1. The molecule has 0 bridgehead atoms. The maximum atomic E-state index is 11.4. The monoisotopic (exact) mass is 250 g/mol. The summed E-state index contributed by atoms with van der Waals surface area (Å²) in [6.45, 7) is 3.76. The minimum absolute atomic E-state index is 0.275. The van der Waals surface area contributed by atoms with E-state index in [0.29, 0.717) is 12.2 Å². The van der Waals surface area contributed by atoms with Crippen LogP contribution in [-0.2, 0) is 9.47 Å². The average Bonchev–Trinajstić information content (AvgIpc) is 2.90. The molecule has 1 aromatic heterocycles. The number of hydrogen-bond donors (Lipinski definition) is 1. The highest BCUT2D eigenvalue weighted by atomic mass is 16.5. The van der Waals surface area contributed by atoms with E-state index in [0.717, 1.165) is 31.8 Å². The minimum atomic E-state index is -0.337. The van der Waals surface area contributed by atoms with Gasteiger partial charge in [-0.05, 0) is 31.9 Å². The van der Waals surface area contributed by atoms with Crippen molar-refractivity contribution in [1.82, 2.24) is 4.98 Å². The van der Waals surface area contributed by atoms with Crippen LogP contribution in [0.3, 0.4) is 0 Å². The predicted molar refractivity (Wildman–Crippen MR) is 67.7 cm³/mol. The summed E-state index contributed by atoms with van der Waals surface area (Å²) >= 11 is 0. The predicted octanol–water partition coefficient (Wildman–Crippen LogP) is 1.85. The lowest BCUT2D eigenvalue weighted by molar-refractivity contribution is 0.0526. The third-order valence-corrected chi connectivity index (χ3v) is 2.81. The van der Waals surface area contributed by atoms with Crippen LogP contribution in [0.5, 0.6) is 0 Å². The summed E-state index contributed by atoms with van der Waals surface area (Å²) in [5.41, 5.74) is 0.472. The van der Waals surface area contributed by atoms with E-state index in [9.17, 15) is 4.79 Å². The lowest BCUT2D eigenvalue weighted by Crippen LogP contribution is -2.19. The molecule has 1 atom stereocenters. The van der Waals surface area contributed by atoms with Crippen molar-refractivity contribution in [1.29, 1.82) is 0 Å². The van der Waals surface area contributed by atoms with Gasteiger partial charge in [0.1, 0.15) is 5.82 Å². The maximum Gasteiger partial charge on any atom is 0.339 e. The van der Waals surface area contributed by atoms with Gasteiger partial charge in [-0.1, -0.05) is 0 Å². The average molecular weight is 250 g/mol. The zero-order valence-electron chi connectivity index (χ0n) is 10.5. The molecule has 0 saturated carbocycles. The van der Waals surface area contributed by atoms with Crippen molar-refractivity contribution < 1.29 is 14.3 Å². The number of hydrogen-bond acceptors (Lipinski definition) is 5. The molecule has 1 aliphatic heterocycles. The fourth-order valence-electron chi connectivity index (χ4n) is 1.86. The van der Waals surface area contributed by atoms with Crippen LogP contribution in [-0.4, -0.2) is 36.8 Å². The van der Waals surface area contributed by atoms with E-state index in [1.54, 1.807) is 19.1 Å². The molecule has 98 valence electrons. The van der Waals surface area contributed by atoms with Crippen molar-refractivity contribution in [3.05, 3.63) is 23.9 Å². The van der Waals surface area contributed by atoms with Crippen LogP contribution in [0.15, 0.2) is 18.3 Å². The summed E-state index contributed by atoms with van der Waals surface area (Å²) in [5, 5.41) is 3.20. The Morgan fingerprint density at radius 3 is 3.11 bits per heavy atom. The molecule has 18 heavy (non-hydrogen) atoms. The van der Waals surface area contributed by atoms with Crippen molar-refractivity contribution in [3.8, 4) is 0 Å². The van der Waals surface area contributed by atoms with E-state index in [4.69, 9.17) is 9.47 Å². The van der Waals surface area contributed by atoms with Crippen LogP contribution < -0.4 is 5.32 Å². The molecule has 1 fully saturated rings. The van der Waals surface area contributed by atoms with E-state index < -0.39 is 0 Å². The number of pyridine rings is 1. The third kappa shape index (κ3) is 3.43. The van der Waals surface area contributed by atoms with Crippen LogP contribution in [0.4, 0.5) is 5.82 Å². The SMILES string of the molecule is CCOC(=O)c1ccc(NCC2CCCO2)nc1. The van der Waals surface area contributed by atoms with E-state index in [2.05, 4.69) is 10.3 Å². The van der Waals surface area contributed by atoms with Gasteiger partial charge in [-0.3, -0.25) is 0 Å². The first-order valence-electron chi connectivity index (χ1n) is 6.28. The summed E-state index contributed by atoms with van der Waals surface area (Å²) in [5.74, 6) is 0.411. The molecule has 0 aliphatic carbocycles. The van der Waals surface area contributed by atoms with E-state index in [1.807, 2.05) is 0 Å². The molecule has 0 amide bonds. The minimum Gasteiger partial charge on any atom is -0.462 e. The molecule has 2 rings (SSSR count). The third-order valence-electron chi connectivity index (χ3n) is 2.81. The van der Waals surface area contributed by atoms with Gasteiger partial charge in [-0.15, -0.1) is 0 Å². The van der Waals surface area contributed by atoms with E-state index >= 15 is 0 Å². The van der Waals surface area contributed by atoms with Gasteiger partial charge in [0.25, 0.3) is 0 Å². The summed E-state index contributed by atoms with van der Waals surface area (Å²) < 4.78 is 10.4. The lowest BCUT2D eigenvalue weighted by Gasteiger charge is -2.11. The van der Waals surface area contributed by atoms with E-state index in [1.165, 1.54) is 6.20 Å². The number of rotatable bonds is 5. The maximum absolute atomic E-state index is 11.4. The van der Waals surface area contributed by atoms with Gasteiger partial charge in [0.15, 0.2) is 0 Å². The standard InChI is InChI=1S/C13H18N2O3/c1-2-17-13(16)10-5-6-12(14-8-10)15-9-11-4-3-7-18-11/h5-6,8,11H,2-4,7,9H2,1H3,(H,14,15). The Kier molecular flexibility index (Phi) is 4.52. The van der Waals surface area contributed by atoms with Gasteiger partial charge in [-0.25, -0.2) is 9.78 Å². The number of carbonyl (C=O) groups excluding carboxylic acids is 1. The first-order valence-corrected chi connectivity index (χ1v) is 6.28. The number of anilines is 1. The van der Waals surface area contributed by atoms with Crippen LogP contribution in [0, 0.1) is 0 Å². The first kappa shape index (κ1) is 12.8. The molecular weight excluding hydrogens is 232 g/mol. The van der Waals surface area contributed by atoms with Gasteiger partial charge in [-0.2, -0.15) is 0 Å². The van der Waals surface area contributed by atoms with Crippen molar-refractivity contribution >= 4 is 11.8 Å². The molecule has 1 unspecified atom stereocenters. The molecular formula is C13H18N2O3. The molecule has 5 nitrogen and oxygen atoms in total. The van der Waals surface area contributed by atoms with Gasteiger partial charge in [0, 0.05) is 19.3 Å². The second-order valence-electron chi connectivity index (χ2n) is 4.17. The van der Waals surface area contributed by atoms with Crippen molar-refractivity contribution in [2.45, 2.75) is 25.9 Å². The molecule has 1 aliphatic rings. The van der Waals surface area contributed by atoms with Crippen LogP contribution in [0.2, 0.25) is 0 Å². The Morgan fingerprint density at radius 1 is 1.61 bits per heavy atom. The highest BCUT2D eigenvalue weighted by Gasteiger charge is 2.15. The molecule has 0 radical (unpaired) electrons. The zero-order chi connectivity index (χ0) is 12.8. The molecule has 5 heteroatoms. The molecule has 2 heterocycles. The fraction of sp³-hybridized carbons (Fsp3) is 0.538. The van der Waals surface area contributed by atoms with Crippen molar-refractivity contribution in [2.75, 3.05) is 25.1 Å². The Bertz CT molecular complexity index is 386. The summed E-state index contributed by atoms with van der Waals surface area (Å²) in [6, 6.07) is 3.49. The smallest absolute Gasteiger partial charge is 0.339 e. The van der Waals surface area contributed by atoms with Crippen LogP contribution in [0.25, 0.3) is 0 Å². The molecule has 0 aromatic carbocycles. The second-order valence-corrected chi connectivity index (χ2v) is 4.17. The van der Waals surface area contributed by atoms with Gasteiger partial charge >= 0.3 is 5.97 Å². The highest BCUT2D eigenvalue weighted by molar-refractivity contribution is 5.89. The number of esters is 1. The number of carbonyl (C=O) groups is 1. The van der Waals surface area contributed by atoms with Crippen LogP contribution in [0.1, 0.15) is 30.1 Å². The normalized spacial score (nSPS) is 18.6. The van der Waals surface area contributed by atoms with Crippen LogP contribution >= 0.6 is 0 Å². The highest BCUT2D eigenvalue weighted by Crippen LogP contribution is 2.13. The lowest BCUT2D eigenvalue weighted by atomic mass is 10.2. The Labute approximate surface area is 107 Å². The Morgan fingerprint density at radius 2 is 2.50 bits per heavy atom. The Hall–Kier alpha value is -1.62. The molecule has 1 aromatic rings. The van der Waals surface area contributed by atoms with Crippen molar-refractivity contribution in [3.63, 3.8) is 0 Å². The Balaban J connectivity index is 1.85. The summed E-state index contributed by atoms with van der Waals surface area (Å²) in [6.07, 6.45) is 4.02. The zero-order valence-corrected chi connectivity index (χ0v) is 10.5. The number of nitrogens with zero attached hydrogens (tertiary/aromatic N) is 1. The summed E-state index contributed by atoms with van der Waals surface area (Å²) in [4.78, 5) is 15.6. The molecule has 1 N–H and O–H groups in total. The summed E-state index contributed by atoms with van der Waals surface area (Å²) in [7, 11) is 0. The molecule has 0 spiro atoms. The topological polar surface area (TPSA) is 60.5 Å². The number of ether oxygens (including phenoxy) is 2. The van der Waals surface area contributed by atoms with E-state index in [-0.39, 0.29) is 12.1 Å². The largest absolute Gasteiger partial charge is 0.462 e. The molecule has 1 saturated heterocycles. The van der Waals surface area contributed by atoms with Gasteiger partial charge < -0.3 is 14.8 Å².